The number of halogens is 2. The summed E-state index contributed by atoms with van der Waals surface area (Å²) in [5.41, 5.74) is 1.59. The highest BCUT2D eigenvalue weighted by Gasteiger charge is 2.48. The lowest BCUT2D eigenvalue weighted by atomic mass is 9.89. The summed E-state index contributed by atoms with van der Waals surface area (Å²) in [6, 6.07) is 12.9. The third-order valence-corrected chi connectivity index (χ3v) is 7.34. The van der Waals surface area contributed by atoms with Gasteiger partial charge in [-0.1, -0.05) is 60.8 Å². The monoisotopic (exact) mass is 534 g/mol. The summed E-state index contributed by atoms with van der Waals surface area (Å²) in [7, 11) is 0. The van der Waals surface area contributed by atoms with Crippen LogP contribution in [-0.4, -0.2) is 71.8 Å². The number of carbonyl (C=O) groups excluding carboxylic acids is 1. The molecule has 0 aromatic heterocycles. The van der Waals surface area contributed by atoms with Gasteiger partial charge in [0.15, 0.2) is 0 Å². The van der Waals surface area contributed by atoms with Gasteiger partial charge < -0.3 is 19.5 Å². The number of hydrogen-bond donors (Lipinski definition) is 1. The van der Waals surface area contributed by atoms with E-state index in [1.165, 1.54) is 0 Å². The number of nitrogens with zero attached hydrogens (tertiary/aromatic N) is 2. The van der Waals surface area contributed by atoms with Gasteiger partial charge in [0.05, 0.1) is 19.3 Å². The first-order valence-corrected chi connectivity index (χ1v) is 13.2. The Morgan fingerprint density at radius 1 is 1.03 bits per heavy atom. The zero-order valence-electron chi connectivity index (χ0n) is 20.3. The minimum Gasteiger partial charge on any atom is -0.480 e. The number of rotatable bonds is 9. The molecule has 7 nitrogen and oxygen atoms in total. The van der Waals surface area contributed by atoms with Crippen molar-refractivity contribution in [3.8, 4) is 0 Å². The van der Waals surface area contributed by atoms with Crippen LogP contribution in [0.3, 0.4) is 0 Å². The first kappa shape index (κ1) is 26.9. The highest BCUT2D eigenvalue weighted by atomic mass is 35.5. The standard InChI is InChI=1S/C27H32Cl2N2O5/c1-2-3-22(27(33)34)31-24(18-4-8-20(28)9-5-18)25(19-6-10-21(29)11-7-19)36-23(26(31)32)12-13-30-14-16-35-17-15-30/h4-11,22-25H,2-3,12-17H2,1H3,(H,33,34)/t22-,23+,24-,25+/m1/s1. The van der Waals surface area contributed by atoms with Crippen LogP contribution in [-0.2, 0) is 19.1 Å². The van der Waals surface area contributed by atoms with Crippen molar-refractivity contribution in [3.63, 3.8) is 0 Å². The maximum atomic E-state index is 13.9. The van der Waals surface area contributed by atoms with Gasteiger partial charge in [-0.15, -0.1) is 0 Å². The molecule has 1 amide bonds. The topological polar surface area (TPSA) is 79.3 Å². The molecule has 2 heterocycles. The molecular formula is C27H32Cl2N2O5. The largest absolute Gasteiger partial charge is 0.480 e. The van der Waals surface area contributed by atoms with E-state index in [4.69, 9.17) is 32.7 Å². The Kier molecular flexibility index (Phi) is 9.25. The summed E-state index contributed by atoms with van der Waals surface area (Å²) in [5, 5.41) is 11.3. The average molecular weight is 535 g/mol. The van der Waals surface area contributed by atoms with Crippen molar-refractivity contribution in [2.45, 2.75) is 50.5 Å². The molecule has 4 rings (SSSR count). The van der Waals surface area contributed by atoms with E-state index < -0.39 is 30.3 Å². The number of amides is 1. The molecule has 1 N–H and O–H groups in total. The second kappa shape index (κ2) is 12.4. The number of hydrogen-bond acceptors (Lipinski definition) is 5. The number of aliphatic carboxylic acids is 1. The SMILES string of the molecule is CCC[C@H](C(=O)O)N1C(=O)[C@H](CCN2CCOCC2)O[C@@H](c2ccc(Cl)cc2)[C@H]1c1ccc(Cl)cc1. The van der Waals surface area contributed by atoms with Crippen LogP contribution in [0.1, 0.15) is 49.5 Å². The van der Waals surface area contributed by atoms with E-state index in [1.54, 1.807) is 29.2 Å². The van der Waals surface area contributed by atoms with Crippen LogP contribution in [0.15, 0.2) is 48.5 Å². The average Bonchev–Trinajstić information content (AvgIpc) is 2.88. The fourth-order valence-electron chi connectivity index (χ4n) is 4.99. The van der Waals surface area contributed by atoms with Crippen molar-refractivity contribution < 1.29 is 24.2 Å². The van der Waals surface area contributed by atoms with E-state index in [0.717, 1.165) is 24.2 Å². The summed E-state index contributed by atoms with van der Waals surface area (Å²) < 4.78 is 12.0. The molecule has 4 atom stereocenters. The molecule has 9 heteroatoms. The summed E-state index contributed by atoms with van der Waals surface area (Å²) in [6.07, 6.45) is 0.0872. The number of carboxylic acid groups (broad SMARTS) is 1. The molecule has 36 heavy (non-hydrogen) atoms. The lowest BCUT2D eigenvalue weighted by Crippen LogP contribution is -2.57. The molecule has 0 saturated carbocycles. The van der Waals surface area contributed by atoms with Crippen LogP contribution >= 0.6 is 23.2 Å². The summed E-state index contributed by atoms with van der Waals surface area (Å²) in [5.74, 6) is -1.32. The summed E-state index contributed by atoms with van der Waals surface area (Å²) in [6.45, 7) is 5.51. The van der Waals surface area contributed by atoms with Gasteiger partial charge in [-0.3, -0.25) is 9.69 Å². The molecule has 2 aromatic rings. The number of morpholine rings is 2. The van der Waals surface area contributed by atoms with E-state index in [9.17, 15) is 14.7 Å². The predicted molar refractivity (Wildman–Crippen MR) is 138 cm³/mol. The van der Waals surface area contributed by atoms with Gasteiger partial charge in [-0.25, -0.2) is 4.79 Å². The van der Waals surface area contributed by atoms with Gasteiger partial charge in [-0.2, -0.15) is 0 Å². The van der Waals surface area contributed by atoms with Gasteiger partial charge in [0.1, 0.15) is 18.2 Å². The van der Waals surface area contributed by atoms with Gasteiger partial charge in [-0.05, 0) is 48.2 Å². The molecule has 0 bridgehead atoms. The Bertz CT molecular complexity index is 1030. The van der Waals surface area contributed by atoms with Gasteiger partial charge >= 0.3 is 5.97 Å². The predicted octanol–water partition coefficient (Wildman–Crippen LogP) is 4.98. The normalized spacial score (nSPS) is 24.0. The Hall–Kier alpha value is -2.16. The van der Waals surface area contributed by atoms with Crippen LogP contribution in [0.25, 0.3) is 0 Å². The number of carbonyl (C=O) groups is 2. The maximum absolute atomic E-state index is 13.9. The van der Waals surface area contributed by atoms with Crippen molar-refractivity contribution in [2.24, 2.45) is 0 Å². The molecule has 2 aliphatic heterocycles. The van der Waals surface area contributed by atoms with Gasteiger partial charge in [0.2, 0.25) is 0 Å². The highest BCUT2D eigenvalue weighted by molar-refractivity contribution is 6.30. The third kappa shape index (κ3) is 6.21. The van der Waals surface area contributed by atoms with E-state index in [-0.39, 0.29) is 5.91 Å². The first-order chi connectivity index (χ1) is 17.4. The van der Waals surface area contributed by atoms with Gasteiger partial charge in [0.25, 0.3) is 5.91 Å². The van der Waals surface area contributed by atoms with Crippen molar-refractivity contribution in [2.75, 3.05) is 32.8 Å². The second-order valence-electron chi connectivity index (χ2n) is 9.22. The highest BCUT2D eigenvalue weighted by Crippen LogP contribution is 2.44. The van der Waals surface area contributed by atoms with Crippen LogP contribution in [0.5, 0.6) is 0 Å². The second-order valence-corrected chi connectivity index (χ2v) is 10.1. The summed E-state index contributed by atoms with van der Waals surface area (Å²) >= 11 is 12.3. The number of carboxylic acids is 1. The molecular weight excluding hydrogens is 503 g/mol. The molecule has 0 aliphatic carbocycles. The Morgan fingerprint density at radius 3 is 2.17 bits per heavy atom. The minimum atomic E-state index is -1.02. The zero-order valence-corrected chi connectivity index (χ0v) is 21.8. The van der Waals surface area contributed by atoms with Crippen LogP contribution < -0.4 is 0 Å². The molecule has 0 radical (unpaired) electrons. The first-order valence-electron chi connectivity index (χ1n) is 12.4. The van der Waals surface area contributed by atoms with Crippen LogP contribution in [0, 0.1) is 0 Å². The Morgan fingerprint density at radius 2 is 1.61 bits per heavy atom. The molecule has 2 saturated heterocycles. The smallest absolute Gasteiger partial charge is 0.326 e. The Balaban J connectivity index is 1.75. The van der Waals surface area contributed by atoms with Crippen molar-refractivity contribution in [3.05, 3.63) is 69.7 Å². The van der Waals surface area contributed by atoms with Crippen molar-refractivity contribution in [1.29, 1.82) is 0 Å². The molecule has 0 spiro atoms. The lowest BCUT2D eigenvalue weighted by molar-refractivity contribution is -0.186. The number of benzene rings is 2. The van der Waals surface area contributed by atoms with Crippen molar-refractivity contribution >= 4 is 35.1 Å². The van der Waals surface area contributed by atoms with E-state index in [2.05, 4.69) is 4.90 Å². The van der Waals surface area contributed by atoms with Crippen LogP contribution in [0.4, 0.5) is 0 Å². The quantitative estimate of drug-likeness (QED) is 0.488. The van der Waals surface area contributed by atoms with E-state index >= 15 is 0 Å². The molecule has 2 aromatic carbocycles. The summed E-state index contributed by atoms with van der Waals surface area (Å²) in [4.78, 5) is 30.2. The molecule has 0 unspecified atom stereocenters. The lowest BCUT2D eigenvalue weighted by Gasteiger charge is -2.47. The molecule has 2 aliphatic rings. The van der Waals surface area contributed by atoms with Crippen LogP contribution in [0.2, 0.25) is 10.0 Å². The molecule has 194 valence electrons. The van der Waals surface area contributed by atoms with Gasteiger partial charge in [0, 0.05) is 29.7 Å². The third-order valence-electron chi connectivity index (χ3n) is 6.83. The minimum absolute atomic E-state index is 0.297. The fraction of sp³-hybridized carbons (Fsp3) is 0.481. The maximum Gasteiger partial charge on any atom is 0.326 e. The fourth-order valence-corrected chi connectivity index (χ4v) is 5.24. The Labute approximate surface area is 221 Å². The zero-order chi connectivity index (χ0) is 25.7. The van der Waals surface area contributed by atoms with Crippen molar-refractivity contribution in [1.82, 2.24) is 9.80 Å². The van der Waals surface area contributed by atoms with E-state index in [1.807, 2.05) is 31.2 Å². The molecule has 2 fully saturated rings. The number of ether oxygens (including phenoxy) is 2. The van der Waals surface area contributed by atoms with E-state index in [0.29, 0.717) is 49.1 Å².